The number of hydrogen-bond donors (Lipinski definition) is 1. The van der Waals surface area contributed by atoms with E-state index in [-0.39, 0.29) is 17.2 Å². The summed E-state index contributed by atoms with van der Waals surface area (Å²) in [4.78, 5) is 12.0. The van der Waals surface area contributed by atoms with Crippen molar-refractivity contribution in [2.45, 2.75) is 38.6 Å². The van der Waals surface area contributed by atoms with Crippen molar-refractivity contribution in [3.8, 4) is 0 Å². The van der Waals surface area contributed by atoms with Crippen LogP contribution in [0, 0.1) is 5.82 Å². The zero-order valence-corrected chi connectivity index (χ0v) is 10.9. The fraction of sp³-hybridized carbons (Fsp3) is 0.462. The Bertz CT molecular complexity index is 416. The summed E-state index contributed by atoms with van der Waals surface area (Å²) in [6.07, 6.45) is 1.08. The van der Waals surface area contributed by atoms with Crippen LogP contribution < -0.4 is 5.73 Å². The van der Waals surface area contributed by atoms with Gasteiger partial charge in [0, 0.05) is 6.42 Å². The molecule has 0 bridgehead atoms. The zero-order chi connectivity index (χ0) is 13.1. The van der Waals surface area contributed by atoms with Gasteiger partial charge in [-0.3, -0.25) is 4.79 Å². The van der Waals surface area contributed by atoms with Gasteiger partial charge in [0.05, 0.1) is 10.6 Å². The highest BCUT2D eigenvalue weighted by molar-refractivity contribution is 6.30. The van der Waals surface area contributed by atoms with Crippen molar-refractivity contribution in [3.63, 3.8) is 0 Å². The van der Waals surface area contributed by atoms with Gasteiger partial charge in [-0.15, -0.1) is 0 Å². The molecule has 0 radical (unpaired) electrons. The molecular formula is C13H17ClFNO. The summed E-state index contributed by atoms with van der Waals surface area (Å²) in [7, 11) is 0. The summed E-state index contributed by atoms with van der Waals surface area (Å²) < 4.78 is 13.6. The Balaban J connectivity index is 2.92. The van der Waals surface area contributed by atoms with E-state index >= 15 is 0 Å². The predicted octanol–water partition coefficient (Wildman–Crippen LogP) is 3.11. The lowest BCUT2D eigenvalue weighted by molar-refractivity contribution is -0.123. The molecule has 0 aliphatic rings. The van der Waals surface area contributed by atoms with Crippen LogP contribution in [0.5, 0.6) is 0 Å². The molecule has 2 nitrogen and oxygen atoms in total. The molecule has 0 saturated carbocycles. The molecule has 0 saturated heterocycles. The van der Waals surface area contributed by atoms with E-state index < -0.39 is 11.4 Å². The van der Waals surface area contributed by atoms with E-state index in [9.17, 15) is 9.18 Å². The maximum absolute atomic E-state index is 13.6. The molecule has 1 rings (SSSR count). The molecule has 94 valence electrons. The lowest BCUT2D eigenvalue weighted by Gasteiger charge is -2.25. The molecule has 1 aromatic carbocycles. The molecule has 0 heterocycles. The summed E-state index contributed by atoms with van der Waals surface area (Å²) in [5.41, 5.74) is 5.41. The van der Waals surface area contributed by atoms with Crippen LogP contribution in [0.1, 0.15) is 32.3 Å². The van der Waals surface area contributed by atoms with Gasteiger partial charge in [-0.05, 0) is 24.5 Å². The summed E-state index contributed by atoms with van der Waals surface area (Å²) in [5.74, 6) is -0.680. The lowest BCUT2D eigenvalue weighted by Crippen LogP contribution is -2.47. The number of rotatable bonds is 5. The standard InChI is InChI=1S/C13H17ClFNO/c1-3-13(16,4-2)11(17)8-9-6-5-7-10(14)12(9)15/h5-7H,3-4,8,16H2,1-2H3. The minimum absolute atomic E-state index is 0.00935. The van der Waals surface area contributed by atoms with E-state index in [1.54, 1.807) is 12.1 Å². The molecule has 0 spiro atoms. The van der Waals surface area contributed by atoms with E-state index in [1.165, 1.54) is 6.07 Å². The smallest absolute Gasteiger partial charge is 0.157 e. The molecule has 1 aromatic rings. The summed E-state index contributed by atoms with van der Waals surface area (Å²) in [6, 6.07) is 4.65. The van der Waals surface area contributed by atoms with Gasteiger partial charge in [-0.2, -0.15) is 0 Å². The highest BCUT2D eigenvalue weighted by Crippen LogP contribution is 2.21. The van der Waals surface area contributed by atoms with Gasteiger partial charge in [-0.25, -0.2) is 4.39 Å². The van der Waals surface area contributed by atoms with Crippen LogP contribution in [-0.2, 0) is 11.2 Å². The molecule has 0 aliphatic heterocycles. The van der Waals surface area contributed by atoms with Crippen molar-refractivity contribution in [2.75, 3.05) is 0 Å². The highest BCUT2D eigenvalue weighted by Gasteiger charge is 2.30. The first-order chi connectivity index (χ1) is 7.94. The van der Waals surface area contributed by atoms with E-state index in [4.69, 9.17) is 17.3 Å². The monoisotopic (exact) mass is 257 g/mol. The number of nitrogens with two attached hydrogens (primary N) is 1. The van der Waals surface area contributed by atoms with Gasteiger partial charge in [0.2, 0.25) is 0 Å². The fourth-order valence-electron chi connectivity index (χ4n) is 1.68. The third-order valence-electron chi connectivity index (χ3n) is 3.20. The highest BCUT2D eigenvalue weighted by atomic mass is 35.5. The average Bonchev–Trinajstić information content (AvgIpc) is 2.33. The third kappa shape index (κ3) is 3.05. The first-order valence-electron chi connectivity index (χ1n) is 5.69. The minimum atomic E-state index is -0.866. The van der Waals surface area contributed by atoms with Crippen molar-refractivity contribution in [2.24, 2.45) is 5.73 Å². The fourth-order valence-corrected chi connectivity index (χ4v) is 1.87. The maximum atomic E-state index is 13.6. The van der Waals surface area contributed by atoms with E-state index in [1.807, 2.05) is 13.8 Å². The number of carbonyl (C=O) groups is 1. The van der Waals surface area contributed by atoms with Crippen LogP contribution in [0.2, 0.25) is 5.02 Å². The lowest BCUT2D eigenvalue weighted by atomic mass is 9.86. The molecule has 0 atom stereocenters. The minimum Gasteiger partial charge on any atom is -0.319 e. The van der Waals surface area contributed by atoms with Gasteiger partial charge < -0.3 is 5.73 Å². The maximum Gasteiger partial charge on any atom is 0.157 e. The van der Waals surface area contributed by atoms with Crippen LogP contribution in [0.3, 0.4) is 0 Å². The SMILES string of the molecule is CCC(N)(CC)C(=O)Cc1cccc(Cl)c1F. The van der Waals surface area contributed by atoms with Crippen LogP contribution in [0.4, 0.5) is 4.39 Å². The summed E-state index contributed by atoms with van der Waals surface area (Å²) >= 11 is 5.66. The Morgan fingerprint density at radius 1 is 1.41 bits per heavy atom. The molecule has 2 N–H and O–H groups in total. The number of ketones is 1. The second kappa shape index (κ2) is 5.61. The van der Waals surface area contributed by atoms with E-state index in [2.05, 4.69) is 0 Å². The van der Waals surface area contributed by atoms with E-state index in [0.29, 0.717) is 18.4 Å². The number of Topliss-reactive ketones (excluding diaryl/α,β-unsaturated/α-hetero) is 1. The van der Waals surface area contributed by atoms with Crippen LogP contribution >= 0.6 is 11.6 Å². The second-order valence-corrected chi connectivity index (χ2v) is 4.58. The van der Waals surface area contributed by atoms with Crippen LogP contribution in [-0.4, -0.2) is 11.3 Å². The number of halogens is 2. The van der Waals surface area contributed by atoms with Gasteiger partial charge in [0.15, 0.2) is 5.78 Å². The van der Waals surface area contributed by atoms with E-state index in [0.717, 1.165) is 0 Å². The second-order valence-electron chi connectivity index (χ2n) is 4.18. The van der Waals surface area contributed by atoms with Crippen molar-refractivity contribution in [1.82, 2.24) is 0 Å². The molecule has 17 heavy (non-hydrogen) atoms. The molecular weight excluding hydrogens is 241 g/mol. The average molecular weight is 258 g/mol. The van der Waals surface area contributed by atoms with Gasteiger partial charge in [0.1, 0.15) is 5.82 Å². The predicted molar refractivity (Wildman–Crippen MR) is 67.6 cm³/mol. The Kier molecular flexibility index (Phi) is 4.66. The normalized spacial score (nSPS) is 11.6. The first kappa shape index (κ1) is 14.1. The molecule has 4 heteroatoms. The van der Waals surface area contributed by atoms with Gasteiger partial charge in [-0.1, -0.05) is 37.6 Å². The summed E-state index contributed by atoms with van der Waals surface area (Å²) in [6.45, 7) is 3.71. The third-order valence-corrected chi connectivity index (χ3v) is 3.49. The largest absolute Gasteiger partial charge is 0.319 e. The Morgan fingerprint density at radius 3 is 2.53 bits per heavy atom. The molecule has 0 aromatic heterocycles. The summed E-state index contributed by atoms with van der Waals surface area (Å²) in [5, 5.41) is 0.0333. The van der Waals surface area contributed by atoms with Crippen molar-refractivity contribution in [1.29, 1.82) is 0 Å². The van der Waals surface area contributed by atoms with Crippen molar-refractivity contribution < 1.29 is 9.18 Å². The topological polar surface area (TPSA) is 43.1 Å². The zero-order valence-electron chi connectivity index (χ0n) is 10.1. The number of hydrogen-bond acceptors (Lipinski definition) is 2. The van der Waals surface area contributed by atoms with Gasteiger partial charge in [0.25, 0.3) is 0 Å². The molecule has 0 aliphatic carbocycles. The van der Waals surface area contributed by atoms with Gasteiger partial charge >= 0.3 is 0 Å². The van der Waals surface area contributed by atoms with Crippen molar-refractivity contribution in [3.05, 3.63) is 34.6 Å². The molecule has 0 amide bonds. The Morgan fingerprint density at radius 2 is 2.00 bits per heavy atom. The molecule has 0 fully saturated rings. The Hall–Kier alpha value is -0.930. The molecule has 0 unspecified atom stereocenters. The van der Waals surface area contributed by atoms with Crippen LogP contribution in [0.15, 0.2) is 18.2 Å². The quantitative estimate of drug-likeness (QED) is 0.881. The first-order valence-corrected chi connectivity index (χ1v) is 6.07. The number of carbonyl (C=O) groups excluding carboxylic acids is 1. The van der Waals surface area contributed by atoms with Crippen molar-refractivity contribution >= 4 is 17.4 Å². The number of benzene rings is 1. The van der Waals surface area contributed by atoms with Crippen LogP contribution in [0.25, 0.3) is 0 Å². The Labute approximate surface area is 106 Å².